The second-order valence-corrected chi connectivity index (χ2v) is 4.02. The van der Waals surface area contributed by atoms with E-state index in [0.717, 1.165) is 0 Å². The van der Waals surface area contributed by atoms with Crippen molar-refractivity contribution in [3.05, 3.63) is 0 Å². The minimum Gasteiger partial charge on any atom is -0.550 e. The molecule has 0 aromatic carbocycles. The third-order valence-electron chi connectivity index (χ3n) is 2.65. The first kappa shape index (κ1) is 16.9. The predicted molar refractivity (Wildman–Crippen MR) is 59.0 cm³/mol. The fourth-order valence-corrected chi connectivity index (χ4v) is 1.86. The van der Waals surface area contributed by atoms with E-state index in [1.54, 1.807) is 13.8 Å². The van der Waals surface area contributed by atoms with Crippen LogP contribution in [0.3, 0.4) is 0 Å². The van der Waals surface area contributed by atoms with Gasteiger partial charge in [-0.3, -0.25) is 0 Å². The third-order valence-corrected chi connectivity index (χ3v) is 2.65. The van der Waals surface area contributed by atoms with Crippen molar-refractivity contribution in [1.82, 2.24) is 0 Å². The van der Waals surface area contributed by atoms with E-state index in [-0.39, 0.29) is 19.3 Å². The topological polar surface area (TPSA) is 98.7 Å². The van der Waals surface area contributed by atoms with Crippen LogP contribution in [0, 0.1) is 5.92 Å². The predicted octanol–water partition coefficient (Wildman–Crippen LogP) is -0.938. The molecule has 106 valence electrons. The molecule has 0 aliphatic carbocycles. The maximum Gasteiger partial charge on any atom is 0.173 e. The highest BCUT2D eigenvalue weighted by Crippen LogP contribution is 2.27. The molecule has 0 aliphatic heterocycles. The maximum absolute atomic E-state index is 11.1. The number of carboxylic acids is 2. The highest BCUT2D eigenvalue weighted by atomic mass is 16.7. The van der Waals surface area contributed by atoms with E-state index in [1.165, 1.54) is 6.92 Å². The van der Waals surface area contributed by atoms with Gasteiger partial charge in [0.25, 0.3) is 0 Å². The molecule has 0 spiro atoms. The minimum absolute atomic E-state index is 0.104. The molecule has 6 nitrogen and oxygen atoms in total. The Hall–Kier alpha value is -1.14. The molecule has 18 heavy (non-hydrogen) atoms. The number of hydrogen-bond donors (Lipinski definition) is 0. The molecule has 1 unspecified atom stereocenters. The van der Waals surface area contributed by atoms with Crippen molar-refractivity contribution in [1.29, 1.82) is 0 Å². The van der Waals surface area contributed by atoms with Crippen LogP contribution >= 0.6 is 0 Å². The molecule has 0 aromatic rings. The molecule has 0 fully saturated rings. The van der Waals surface area contributed by atoms with E-state index >= 15 is 0 Å². The fourth-order valence-electron chi connectivity index (χ4n) is 1.86. The Balaban J connectivity index is 4.70. The SMILES string of the molecule is CCOC(C)(OCC)C(CCCC(=O)[O-])C(=O)[O-]. The second-order valence-electron chi connectivity index (χ2n) is 4.02. The summed E-state index contributed by atoms with van der Waals surface area (Å²) in [7, 11) is 0. The first-order chi connectivity index (χ1) is 8.37. The molecular formula is C12H20O6-2. The van der Waals surface area contributed by atoms with Gasteiger partial charge >= 0.3 is 0 Å². The molecular weight excluding hydrogens is 240 g/mol. The zero-order valence-electron chi connectivity index (χ0n) is 11.1. The first-order valence-corrected chi connectivity index (χ1v) is 6.06. The molecule has 1 atom stereocenters. The highest BCUT2D eigenvalue weighted by Gasteiger charge is 2.36. The molecule has 0 bridgehead atoms. The molecule has 0 N–H and O–H groups in total. The normalized spacial score (nSPS) is 13.3. The second kappa shape index (κ2) is 8.05. The van der Waals surface area contributed by atoms with Gasteiger partial charge in [0.1, 0.15) is 0 Å². The number of rotatable bonds is 10. The van der Waals surface area contributed by atoms with Crippen LogP contribution < -0.4 is 10.2 Å². The Labute approximate surface area is 107 Å². The van der Waals surface area contributed by atoms with Crippen molar-refractivity contribution >= 4 is 11.9 Å². The summed E-state index contributed by atoms with van der Waals surface area (Å²) in [6, 6.07) is 0. The number of hydrogen-bond acceptors (Lipinski definition) is 6. The summed E-state index contributed by atoms with van der Waals surface area (Å²) in [6.07, 6.45) is 0.0850. The quantitative estimate of drug-likeness (QED) is 0.470. The fraction of sp³-hybridized carbons (Fsp3) is 0.833. The van der Waals surface area contributed by atoms with Gasteiger partial charge in [0, 0.05) is 25.2 Å². The van der Waals surface area contributed by atoms with Crippen molar-refractivity contribution in [2.45, 2.75) is 45.8 Å². The molecule has 0 heterocycles. The molecule has 0 amide bonds. The van der Waals surface area contributed by atoms with Crippen LogP contribution in [-0.2, 0) is 19.1 Å². The Bertz CT molecular complexity index is 270. The highest BCUT2D eigenvalue weighted by molar-refractivity contribution is 5.69. The van der Waals surface area contributed by atoms with Gasteiger partial charge < -0.3 is 29.3 Å². The summed E-state index contributed by atoms with van der Waals surface area (Å²) in [6.45, 7) is 5.57. The standard InChI is InChI=1S/C12H22O6/c1-4-17-12(3,18-5-2)9(11(15)16)7-6-8-10(13)14/h9H,4-8H2,1-3H3,(H,13,14)(H,15,16)/p-2. The van der Waals surface area contributed by atoms with Crippen molar-refractivity contribution in [2.24, 2.45) is 5.92 Å². The minimum atomic E-state index is -1.31. The van der Waals surface area contributed by atoms with Crippen LogP contribution in [0.4, 0.5) is 0 Å². The summed E-state index contributed by atoms with van der Waals surface area (Å²) in [4.78, 5) is 21.5. The number of carbonyl (C=O) groups excluding carboxylic acids is 2. The number of ether oxygens (including phenoxy) is 2. The van der Waals surface area contributed by atoms with Gasteiger partial charge in [0.15, 0.2) is 5.79 Å². The van der Waals surface area contributed by atoms with E-state index in [1.807, 2.05) is 0 Å². The summed E-state index contributed by atoms with van der Waals surface area (Å²) < 4.78 is 10.7. The zero-order chi connectivity index (χ0) is 14.2. The van der Waals surface area contributed by atoms with Gasteiger partial charge in [0.05, 0.1) is 5.92 Å². The van der Waals surface area contributed by atoms with Crippen molar-refractivity contribution in [3.8, 4) is 0 Å². The van der Waals surface area contributed by atoms with Crippen LogP contribution in [0.2, 0.25) is 0 Å². The Morgan fingerprint density at radius 2 is 1.67 bits per heavy atom. The van der Waals surface area contributed by atoms with Gasteiger partial charge in [-0.15, -0.1) is 0 Å². The van der Waals surface area contributed by atoms with Crippen molar-refractivity contribution < 1.29 is 29.3 Å². The third kappa shape index (κ3) is 5.46. The lowest BCUT2D eigenvalue weighted by atomic mass is 9.93. The number of carbonyl (C=O) groups is 2. The Morgan fingerprint density at radius 3 is 2.00 bits per heavy atom. The summed E-state index contributed by atoms with van der Waals surface area (Å²) in [5, 5.41) is 21.5. The van der Waals surface area contributed by atoms with Crippen LogP contribution in [-0.4, -0.2) is 30.9 Å². The van der Waals surface area contributed by atoms with E-state index in [2.05, 4.69) is 0 Å². The van der Waals surface area contributed by atoms with Crippen molar-refractivity contribution in [3.63, 3.8) is 0 Å². The number of aliphatic carboxylic acids is 2. The van der Waals surface area contributed by atoms with Gasteiger partial charge in [-0.1, -0.05) is 0 Å². The van der Waals surface area contributed by atoms with E-state index in [9.17, 15) is 19.8 Å². The van der Waals surface area contributed by atoms with Crippen LogP contribution in [0.15, 0.2) is 0 Å². The molecule has 0 saturated carbocycles. The molecule has 0 rings (SSSR count). The maximum atomic E-state index is 11.1. The van der Waals surface area contributed by atoms with Crippen LogP contribution in [0.25, 0.3) is 0 Å². The van der Waals surface area contributed by atoms with Crippen molar-refractivity contribution in [2.75, 3.05) is 13.2 Å². The molecule has 0 aromatic heterocycles. The Kier molecular flexibility index (Phi) is 7.54. The Morgan fingerprint density at radius 1 is 1.17 bits per heavy atom. The molecule has 0 saturated heterocycles. The lowest BCUT2D eigenvalue weighted by Crippen LogP contribution is -2.49. The van der Waals surface area contributed by atoms with E-state index in [4.69, 9.17) is 9.47 Å². The van der Waals surface area contributed by atoms with Gasteiger partial charge in [0.2, 0.25) is 0 Å². The lowest BCUT2D eigenvalue weighted by Gasteiger charge is -2.37. The average molecular weight is 260 g/mol. The zero-order valence-corrected chi connectivity index (χ0v) is 11.1. The average Bonchev–Trinajstić information content (AvgIpc) is 2.23. The summed E-state index contributed by atoms with van der Waals surface area (Å²) in [5.41, 5.74) is 0. The largest absolute Gasteiger partial charge is 0.550 e. The number of carboxylic acid groups (broad SMARTS) is 2. The lowest BCUT2D eigenvalue weighted by molar-refractivity contribution is -0.335. The van der Waals surface area contributed by atoms with Gasteiger partial charge in [-0.2, -0.15) is 0 Å². The molecule has 0 radical (unpaired) electrons. The van der Waals surface area contributed by atoms with E-state index in [0.29, 0.717) is 13.2 Å². The molecule has 0 aliphatic rings. The summed E-state index contributed by atoms with van der Waals surface area (Å²) >= 11 is 0. The first-order valence-electron chi connectivity index (χ1n) is 6.06. The van der Waals surface area contributed by atoms with Crippen LogP contribution in [0.1, 0.15) is 40.0 Å². The van der Waals surface area contributed by atoms with Crippen LogP contribution in [0.5, 0.6) is 0 Å². The smallest absolute Gasteiger partial charge is 0.173 e. The monoisotopic (exact) mass is 260 g/mol. The van der Waals surface area contributed by atoms with Gasteiger partial charge in [-0.25, -0.2) is 0 Å². The summed E-state index contributed by atoms with van der Waals surface area (Å²) in [5.74, 6) is -4.83. The molecule has 6 heteroatoms. The van der Waals surface area contributed by atoms with E-state index < -0.39 is 23.6 Å². The van der Waals surface area contributed by atoms with Gasteiger partial charge in [-0.05, 0) is 40.0 Å².